The summed E-state index contributed by atoms with van der Waals surface area (Å²) >= 11 is 4.22. The Labute approximate surface area is 109 Å². The number of nitrogens with one attached hydrogen (secondary N) is 1. The molecule has 0 spiro atoms. The molecule has 2 nitrogen and oxygen atoms in total. The molecule has 0 unspecified atom stereocenters. The molecule has 1 aromatic rings. The summed E-state index contributed by atoms with van der Waals surface area (Å²) in [5, 5.41) is 3.06. The van der Waals surface area contributed by atoms with Crippen LogP contribution in [0.15, 0.2) is 29.2 Å². The maximum Gasteiger partial charge on any atom is 0.224 e. The maximum atomic E-state index is 11.9. The fraction of sp³-hybridized carbons (Fsp3) is 0.500. The van der Waals surface area contributed by atoms with Gasteiger partial charge in [-0.25, -0.2) is 0 Å². The number of hydrogen-bond acceptors (Lipinski definition) is 2. The molecule has 0 saturated heterocycles. The van der Waals surface area contributed by atoms with Crippen molar-refractivity contribution in [3.8, 4) is 0 Å². The lowest BCUT2D eigenvalue weighted by Gasteiger charge is -2.25. The standard InChI is InChI=1S/C14H21NOS/c1-4-9-14(2,3)15-13(16)10-11-5-7-12(17)8-6-11/h5-8,17H,4,9-10H2,1-3H3,(H,15,16). The number of rotatable bonds is 5. The van der Waals surface area contributed by atoms with Gasteiger partial charge in [-0.15, -0.1) is 12.6 Å². The Morgan fingerprint density at radius 1 is 1.29 bits per heavy atom. The first-order valence-electron chi connectivity index (χ1n) is 6.02. The molecule has 0 aliphatic carbocycles. The molecule has 0 atom stereocenters. The van der Waals surface area contributed by atoms with Crippen LogP contribution in [0.1, 0.15) is 39.2 Å². The van der Waals surface area contributed by atoms with Gasteiger partial charge in [-0.3, -0.25) is 4.79 Å². The third-order valence-corrected chi connectivity index (χ3v) is 2.95. The number of benzene rings is 1. The molecule has 3 heteroatoms. The van der Waals surface area contributed by atoms with Gasteiger partial charge in [0.15, 0.2) is 0 Å². The normalized spacial score (nSPS) is 11.3. The summed E-state index contributed by atoms with van der Waals surface area (Å²) in [4.78, 5) is 12.8. The first kappa shape index (κ1) is 14.1. The fourth-order valence-corrected chi connectivity index (χ4v) is 2.06. The van der Waals surface area contributed by atoms with Gasteiger partial charge < -0.3 is 5.32 Å². The summed E-state index contributed by atoms with van der Waals surface area (Å²) in [6, 6.07) is 7.69. The Morgan fingerprint density at radius 3 is 2.41 bits per heavy atom. The molecular weight excluding hydrogens is 230 g/mol. The minimum Gasteiger partial charge on any atom is -0.351 e. The minimum absolute atomic E-state index is 0.0790. The fourth-order valence-electron chi connectivity index (χ4n) is 1.91. The predicted octanol–water partition coefficient (Wildman–Crippen LogP) is 3.21. The molecule has 0 aromatic heterocycles. The minimum atomic E-state index is -0.116. The second kappa shape index (κ2) is 6.10. The number of carbonyl (C=O) groups excluding carboxylic acids is 1. The lowest BCUT2D eigenvalue weighted by atomic mass is 9.98. The molecule has 1 aromatic carbocycles. The van der Waals surface area contributed by atoms with Crippen LogP contribution in [0.2, 0.25) is 0 Å². The van der Waals surface area contributed by atoms with Crippen LogP contribution in [0.3, 0.4) is 0 Å². The van der Waals surface area contributed by atoms with Gasteiger partial charge in [-0.2, -0.15) is 0 Å². The molecule has 0 saturated carbocycles. The van der Waals surface area contributed by atoms with E-state index in [9.17, 15) is 4.79 Å². The summed E-state index contributed by atoms with van der Waals surface area (Å²) < 4.78 is 0. The van der Waals surface area contributed by atoms with E-state index in [4.69, 9.17) is 0 Å². The molecule has 0 fully saturated rings. The van der Waals surface area contributed by atoms with Crippen molar-refractivity contribution >= 4 is 18.5 Å². The summed E-state index contributed by atoms with van der Waals surface area (Å²) in [5.41, 5.74) is 0.905. The highest BCUT2D eigenvalue weighted by Crippen LogP contribution is 2.12. The third-order valence-electron chi connectivity index (χ3n) is 2.65. The van der Waals surface area contributed by atoms with E-state index in [1.54, 1.807) is 0 Å². The second-order valence-electron chi connectivity index (χ2n) is 5.03. The lowest BCUT2D eigenvalue weighted by Crippen LogP contribution is -2.43. The molecule has 0 aliphatic heterocycles. The van der Waals surface area contributed by atoms with E-state index >= 15 is 0 Å². The Balaban J connectivity index is 2.52. The zero-order valence-electron chi connectivity index (χ0n) is 10.8. The maximum absolute atomic E-state index is 11.9. The van der Waals surface area contributed by atoms with Gasteiger partial charge in [0.05, 0.1) is 6.42 Å². The molecule has 1 rings (SSSR count). The molecule has 1 N–H and O–H groups in total. The molecule has 1 amide bonds. The van der Waals surface area contributed by atoms with Crippen molar-refractivity contribution in [3.63, 3.8) is 0 Å². The Kier molecular flexibility index (Phi) is 5.06. The predicted molar refractivity (Wildman–Crippen MR) is 74.5 cm³/mol. The van der Waals surface area contributed by atoms with E-state index in [2.05, 4.69) is 38.7 Å². The van der Waals surface area contributed by atoms with E-state index in [-0.39, 0.29) is 11.4 Å². The first-order valence-corrected chi connectivity index (χ1v) is 6.46. The summed E-state index contributed by atoms with van der Waals surface area (Å²) in [6.07, 6.45) is 2.50. The van der Waals surface area contributed by atoms with Crippen LogP contribution in [0.5, 0.6) is 0 Å². The topological polar surface area (TPSA) is 29.1 Å². The third kappa shape index (κ3) is 5.26. The van der Waals surface area contributed by atoms with Gasteiger partial charge in [0.1, 0.15) is 0 Å². The van der Waals surface area contributed by atoms with Gasteiger partial charge >= 0.3 is 0 Å². The highest BCUT2D eigenvalue weighted by atomic mass is 32.1. The largest absolute Gasteiger partial charge is 0.351 e. The van der Waals surface area contributed by atoms with Crippen molar-refractivity contribution in [2.45, 2.75) is 50.5 Å². The zero-order chi connectivity index (χ0) is 12.9. The highest BCUT2D eigenvalue weighted by molar-refractivity contribution is 7.80. The van der Waals surface area contributed by atoms with Crippen LogP contribution in [-0.2, 0) is 11.2 Å². The monoisotopic (exact) mass is 251 g/mol. The van der Waals surface area contributed by atoms with Crippen molar-refractivity contribution in [3.05, 3.63) is 29.8 Å². The second-order valence-corrected chi connectivity index (χ2v) is 5.54. The molecule has 0 bridgehead atoms. The molecule has 0 aliphatic rings. The van der Waals surface area contributed by atoms with Crippen molar-refractivity contribution in [2.75, 3.05) is 0 Å². The van der Waals surface area contributed by atoms with Gasteiger partial charge in [0.25, 0.3) is 0 Å². The Morgan fingerprint density at radius 2 is 1.88 bits per heavy atom. The van der Waals surface area contributed by atoms with Crippen LogP contribution in [0.4, 0.5) is 0 Å². The van der Waals surface area contributed by atoms with Gasteiger partial charge in [0.2, 0.25) is 5.91 Å². The lowest BCUT2D eigenvalue weighted by molar-refractivity contribution is -0.122. The van der Waals surface area contributed by atoms with Gasteiger partial charge in [-0.1, -0.05) is 25.5 Å². The molecule has 0 radical (unpaired) electrons. The van der Waals surface area contributed by atoms with Crippen LogP contribution >= 0.6 is 12.6 Å². The summed E-state index contributed by atoms with van der Waals surface area (Å²) in [6.45, 7) is 6.25. The number of hydrogen-bond donors (Lipinski definition) is 2. The SMILES string of the molecule is CCCC(C)(C)NC(=O)Cc1ccc(S)cc1. The summed E-state index contributed by atoms with van der Waals surface area (Å²) in [5.74, 6) is 0.0790. The smallest absolute Gasteiger partial charge is 0.224 e. The number of thiol groups is 1. The highest BCUT2D eigenvalue weighted by Gasteiger charge is 2.18. The van der Waals surface area contributed by atoms with Crippen LogP contribution in [0.25, 0.3) is 0 Å². The molecular formula is C14H21NOS. The average Bonchev–Trinajstić information content (AvgIpc) is 2.20. The summed E-state index contributed by atoms with van der Waals surface area (Å²) in [7, 11) is 0. The van der Waals surface area contributed by atoms with Crippen molar-refractivity contribution in [2.24, 2.45) is 0 Å². The number of amides is 1. The molecule has 17 heavy (non-hydrogen) atoms. The van der Waals surface area contributed by atoms with E-state index in [0.717, 1.165) is 23.3 Å². The van der Waals surface area contributed by atoms with E-state index in [1.807, 2.05) is 24.3 Å². The van der Waals surface area contributed by atoms with Crippen LogP contribution in [-0.4, -0.2) is 11.4 Å². The number of carbonyl (C=O) groups is 1. The molecule has 0 heterocycles. The van der Waals surface area contributed by atoms with Crippen molar-refractivity contribution in [1.29, 1.82) is 0 Å². The van der Waals surface area contributed by atoms with Crippen LogP contribution in [0, 0.1) is 0 Å². The van der Waals surface area contributed by atoms with E-state index < -0.39 is 0 Å². The van der Waals surface area contributed by atoms with Crippen molar-refractivity contribution in [1.82, 2.24) is 5.32 Å². The van der Waals surface area contributed by atoms with Crippen LogP contribution < -0.4 is 5.32 Å². The van der Waals surface area contributed by atoms with E-state index in [0.29, 0.717) is 6.42 Å². The Bertz CT molecular complexity index is 370. The molecule has 94 valence electrons. The van der Waals surface area contributed by atoms with Crippen molar-refractivity contribution < 1.29 is 4.79 Å². The van der Waals surface area contributed by atoms with Gasteiger partial charge in [-0.05, 0) is 38.0 Å². The average molecular weight is 251 g/mol. The first-order chi connectivity index (χ1) is 7.93. The van der Waals surface area contributed by atoms with Gasteiger partial charge in [0, 0.05) is 10.4 Å². The van der Waals surface area contributed by atoms with E-state index in [1.165, 1.54) is 0 Å². The quantitative estimate of drug-likeness (QED) is 0.773. The zero-order valence-corrected chi connectivity index (χ0v) is 11.7. The Hall–Kier alpha value is -0.960.